The van der Waals surface area contributed by atoms with Crippen LogP contribution in [-0.2, 0) is 26.7 Å². The Kier molecular flexibility index (Phi) is 9.88. The Morgan fingerprint density at radius 1 is 0.822 bits per heavy atom. The Hall–Kier alpha value is -0.861. The van der Waals surface area contributed by atoms with Crippen LogP contribution in [0.5, 0.6) is 0 Å². The Morgan fingerprint density at radius 3 is 2.02 bits per heavy atom. The van der Waals surface area contributed by atoms with Crippen LogP contribution in [0.2, 0.25) is 0 Å². The van der Waals surface area contributed by atoms with Gasteiger partial charge in [0.1, 0.15) is 0 Å². The first kappa shape index (κ1) is 35.4. The van der Waals surface area contributed by atoms with E-state index in [0.29, 0.717) is 29.5 Å². The minimum Gasteiger partial charge on any atom is -0.481 e. The molecule has 7 fully saturated rings. The zero-order valence-electron chi connectivity index (χ0n) is 28.3. The molecule has 0 heterocycles. The summed E-state index contributed by atoms with van der Waals surface area (Å²) in [6, 6.07) is 0. The fourth-order valence-electron chi connectivity index (χ4n) is 12.5. The van der Waals surface area contributed by atoms with Gasteiger partial charge in [-0.05, 0) is 174 Å². The van der Waals surface area contributed by atoms with Gasteiger partial charge in [-0.15, -0.1) is 0 Å². The molecule has 0 saturated heterocycles. The predicted octanol–water partition coefficient (Wildman–Crippen LogP) is 9.26. The summed E-state index contributed by atoms with van der Waals surface area (Å²) in [5, 5.41) is 10.6. The number of fused-ring (bicyclic) bond motifs is 7. The van der Waals surface area contributed by atoms with E-state index in [4.69, 9.17) is 0 Å². The molecule has 10 radical (unpaired) electrons. The van der Waals surface area contributed by atoms with Gasteiger partial charge in [0.15, 0.2) is 5.78 Å². The predicted molar refractivity (Wildman–Crippen MR) is 177 cm³/mol. The van der Waals surface area contributed by atoms with Crippen LogP contribution in [0, 0.1) is 120 Å². The Bertz CT molecular complexity index is 1180. The van der Waals surface area contributed by atoms with Crippen LogP contribution >= 0.6 is 0 Å². The number of carbonyl (C=O) groups excluding carboxylic acids is 1. The average molecular weight is 651 g/mol. The van der Waals surface area contributed by atoms with Gasteiger partial charge in [0.2, 0.25) is 0 Å². The number of hydrogen-bond donors (Lipinski definition) is 1. The van der Waals surface area contributed by atoms with Crippen LogP contribution in [0.3, 0.4) is 0 Å². The van der Waals surface area contributed by atoms with E-state index in [1.54, 1.807) is 0 Å². The van der Waals surface area contributed by atoms with Gasteiger partial charge < -0.3 is 5.11 Å². The van der Waals surface area contributed by atoms with Crippen LogP contribution in [0.1, 0.15) is 99.3 Å². The van der Waals surface area contributed by atoms with Gasteiger partial charge in [-0.25, -0.2) is 0 Å². The molecular weight excluding hydrogens is 596 g/mol. The van der Waals surface area contributed by atoms with Crippen molar-refractivity contribution in [1.82, 2.24) is 0 Å². The monoisotopic (exact) mass is 650 g/mol. The molecule has 7 saturated carbocycles. The third-order valence-electron chi connectivity index (χ3n) is 14.7. The molecule has 4 heteroatoms. The molecule has 0 amide bonds. The zero-order chi connectivity index (χ0) is 31.7. The summed E-state index contributed by atoms with van der Waals surface area (Å²) in [5.41, 5.74) is 1.54. The minimum atomic E-state index is -0.577. The van der Waals surface area contributed by atoms with Gasteiger partial charge in [-0.3, -0.25) is 9.59 Å². The molecule has 0 aromatic rings. The quantitative estimate of drug-likeness (QED) is 0.188. The van der Waals surface area contributed by atoms with E-state index >= 15 is 0 Å². The van der Waals surface area contributed by atoms with Crippen molar-refractivity contribution < 1.29 is 31.8 Å². The van der Waals surface area contributed by atoms with E-state index in [-0.39, 0.29) is 44.6 Å². The number of carboxylic acids is 1. The Morgan fingerprint density at radius 2 is 1.44 bits per heavy atom. The van der Waals surface area contributed by atoms with Crippen molar-refractivity contribution in [2.24, 2.45) is 56.7 Å². The number of aliphatic carboxylic acids is 1. The van der Waals surface area contributed by atoms with Crippen LogP contribution in [0.4, 0.5) is 0 Å². The third-order valence-corrected chi connectivity index (χ3v) is 14.7. The van der Waals surface area contributed by atoms with E-state index < -0.39 is 11.4 Å². The first-order valence-corrected chi connectivity index (χ1v) is 17.2. The molecule has 9 atom stereocenters. The Balaban J connectivity index is 0.000000609. The fraction of sp³-hybridized carbons (Fsp3) is 0.610. The standard InChI is InChI=1S/C36H49O3.C5H5.Fe/c1-22(2)25-14-17-36(31(38)39)19-18-34(6)26(29(25)36)12-13-28-33(5)21-24(20-23-10-8-9-11-23)30(37)32(3,4)27(33)15-16-35(28,34)7;1-2-4-5-3-1;/h8-11,20,25-29H,1,12-19,21H2,2-7H3,(H,38,39);1-5H;/q;;+2/b24-20+;;/t25-,26+,27-,28+,29+,33-,34+,35+,36-;;/m0../s1. The van der Waals surface area contributed by atoms with Crippen molar-refractivity contribution in [2.45, 2.75) is 99.3 Å². The molecule has 0 unspecified atom stereocenters. The van der Waals surface area contributed by atoms with E-state index in [0.717, 1.165) is 69.3 Å². The van der Waals surface area contributed by atoms with E-state index in [1.165, 1.54) is 5.57 Å². The summed E-state index contributed by atoms with van der Waals surface area (Å²) in [7, 11) is 0. The van der Waals surface area contributed by atoms with Crippen molar-refractivity contribution >= 4 is 11.8 Å². The van der Waals surface area contributed by atoms with Gasteiger partial charge in [0.05, 0.1) is 5.41 Å². The van der Waals surface area contributed by atoms with Crippen LogP contribution < -0.4 is 0 Å². The molecule has 7 aliphatic carbocycles. The smallest absolute Gasteiger partial charge is 0.481 e. The molecule has 0 aromatic carbocycles. The Labute approximate surface area is 286 Å². The number of carboxylic acid groups (broad SMARTS) is 1. The second kappa shape index (κ2) is 12.5. The molecule has 1 N–H and O–H groups in total. The second-order valence-corrected chi connectivity index (χ2v) is 16.7. The van der Waals surface area contributed by atoms with E-state index in [2.05, 4.69) is 79.9 Å². The van der Waals surface area contributed by atoms with Crippen molar-refractivity contribution in [2.75, 3.05) is 0 Å². The van der Waals surface area contributed by atoms with Gasteiger partial charge >= 0.3 is 23.0 Å². The molecule has 0 bridgehead atoms. The maximum absolute atomic E-state index is 13.9. The molecular formula is C41H54FeO3+2. The van der Waals surface area contributed by atoms with Crippen LogP contribution in [0.15, 0.2) is 23.8 Å². The SMILES string of the molecule is C=C(C)[C@@H]1CC[C@]2(C(=O)O)CC[C@]3(C)[C@H](CC[C@@H]4[C@@]5(C)C/C(=C\[C]6[CH][CH][CH][CH]6)C(=O)C(C)(C)[C@@H]5CC[C@]43C)[C@@H]12.[CH]1[CH][CH][CH][CH]1.[Fe+2]. The number of hydrogen-bond acceptors (Lipinski definition) is 2. The summed E-state index contributed by atoms with van der Waals surface area (Å²) in [6.45, 7) is 18.6. The van der Waals surface area contributed by atoms with Crippen molar-refractivity contribution in [1.29, 1.82) is 0 Å². The number of carbonyl (C=O) groups is 2. The van der Waals surface area contributed by atoms with Gasteiger partial charge in [-0.2, -0.15) is 0 Å². The topological polar surface area (TPSA) is 54.4 Å². The number of rotatable bonds is 3. The molecule has 7 rings (SSSR count). The first-order valence-electron chi connectivity index (χ1n) is 17.2. The van der Waals surface area contributed by atoms with Crippen molar-refractivity contribution in [3.63, 3.8) is 0 Å². The summed E-state index contributed by atoms with van der Waals surface area (Å²) >= 11 is 0. The van der Waals surface area contributed by atoms with Gasteiger partial charge in [0.25, 0.3) is 0 Å². The maximum Gasteiger partial charge on any atom is 2.00 e. The maximum atomic E-state index is 13.9. The molecule has 0 spiro atoms. The molecule has 7 aliphatic rings. The van der Waals surface area contributed by atoms with Gasteiger partial charge in [-0.1, -0.05) is 52.8 Å². The van der Waals surface area contributed by atoms with Crippen molar-refractivity contribution in [3.8, 4) is 0 Å². The number of allylic oxidation sites excluding steroid dienone is 3. The first-order chi connectivity index (χ1) is 20.7. The number of ketones is 1. The minimum absolute atomic E-state index is 0. The van der Waals surface area contributed by atoms with Gasteiger partial charge in [0, 0.05) is 11.3 Å². The summed E-state index contributed by atoms with van der Waals surface area (Å²) in [6.07, 6.45) is 29.4. The zero-order valence-corrected chi connectivity index (χ0v) is 29.5. The van der Waals surface area contributed by atoms with Crippen LogP contribution in [-0.4, -0.2) is 16.9 Å². The van der Waals surface area contributed by atoms with Crippen LogP contribution in [0.25, 0.3) is 0 Å². The molecule has 242 valence electrons. The van der Waals surface area contributed by atoms with E-state index in [9.17, 15) is 14.7 Å². The summed E-state index contributed by atoms with van der Waals surface area (Å²) in [4.78, 5) is 26.8. The molecule has 0 aliphatic heterocycles. The normalized spacial score (nSPS) is 46.1. The third kappa shape index (κ3) is 5.32. The van der Waals surface area contributed by atoms with Crippen molar-refractivity contribution in [3.05, 3.63) is 87.5 Å². The largest absolute Gasteiger partial charge is 2.00 e. The average Bonchev–Trinajstić information content (AvgIpc) is 3.75. The molecule has 0 aromatic heterocycles. The molecule has 45 heavy (non-hydrogen) atoms. The summed E-state index contributed by atoms with van der Waals surface area (Å²) in [5.74, 6) is 2.77. The number of Topliss-reactive ketones (excluding diaryl/α,β-unsaturated/α-hetero) is 1. The van der Waals surface area contributed by atoms with E-state index in [1.807, 2.05) is 32.1 Å². The summed E-state index contributed by atoms with van der Waals surface area (Å²) < 4.78 is 0. The molecule has 3 nitrogen and oxygen atoms in total. The fourth-order valence-corrected chi connectivity index (χ4v) is 12.5. The second-order valence-electron chi connectivity index (χ2n) is 16.7.